The van der Waals surface area contributed by atoms with Gasteiger partial charge in [0.05, 0.1) is 13.7 Å². The van der Waals surface area contributed by atoms with Gasteiger partial charge in [-0.15, -0.1) is 0 Å². The molecule has 3 aliphatic rings. The lowest BCUT2D eigenvalue weighted by atomic mass is 9.85. The fraction of sp³-hybridized carbons (Fsp3) is 0.818. The van der Waals surface area contributed by atoms with E-state index in [9.17, 15) is 9.59 Å². The van der Waals surface area contributed by atoms with Crippen LogP contribution in [0.1, 0.15) is 48.5 Å². The number of methoxy groups -OCH3 is 1. The average molecular weight is 443 g/mol. The number of hydrogen-bond donors (Lipinski definition) is 0. The van der Waals surface area contributed by atoms with Crippen LogP contribution in [-0.4, -0.2) is 67.9 Å². The second-order valence-electron chi connectivity index (χ2n) is 9.39. The summed E-state index contributed by atoms with van der Waals surface area (Å²) in [5.74, 6) is -3.27. The van der Waals surface area contributed by atoms with Gasteiger partial charge in [0.15, 0.2) is 17.9 Å². The van der Waals surface area contributed by atoms with E-state index in [-0.39, 0.29) is 12.0 Å². The Morgan fingerprint density at radius 3 is 2.26 bits per heavy atom. The van der Waals surface area contributed by atoms with Crippen molar-refractivity contribution in [2.24, 2.45) is 11.8 Å². The molecule has 0 bridgehead atoms. The highest BCUT2D eigenvalue weighted by atomic mass is 16.8. The fourth-order valence-corrected chi connectivity index (χ4v) is 4.23. The smallest absolute Gasteiger partial charge is 0.347 e. The van der Waals surface area contributed by atoms with Crippen molar-refractivity contribution >= 4 is 11.9 Å². The monoisotopic (exact) mass is 442 g/mol. The Kier molecular flexibility index (Phi) is 6.84. The lowest BCUT2D eigenvalue weighted by Gasteiger charge is -2.29. The summed E-state index contributed by atoms with van der Waals surface area (Å²) in [7, 11) is 1.27. The van der Waals surface area contributed by atoms with Crippen LogP contribution in [0.5, 0.6) is 0 Å². The SMILES string of the molecule is COC(=O)[C@H](OC(C)=O)[C@H](/C=C1\[C@H]2OC(C)(C)O[C@H]2O[C@@H]1[C@H]1COC(C)(C)O1)C(C)C. The van der Waals surface area contributed by atoms with E-state index in [4.69, 9.17) is 33.2 Å². The lowest BCUT2D eigenvalue weighted by Crippen LogP contribution is -2.39. The summed E-state index contributed by atoms with van der Waals surface area (Å²) in [4.78, 5) is 24.2. The molecule has 3 heterocycles. The Labute approximate surface area is 183 Å². The number of hydrogen-bond acceptors (Lipinski definition) is 9. The van der Waals surface area contributed by atoms with Gasteiger partial charge in [0, 0.05) is 12.8 Å². The van der Waals surface area contributed by atoms with Crippen molar-refractivity contribution in [1.82, 2.24) is 0 Å². The number of fused-ring (bicyclic) bond motifs is 1. The second kappa shape index (κ2) is 8.78. The van der Waals surface area contributed by atoms with Crippen molar-refractivity contribution in [3.05, 3.63) is 11.6 Å². The molecular weight excluding hydrogens is 408 g/mol. The zero-order valence-electron chi connectivity index (χ0n) is 19.5. The molecule has 9 nitrogen and oxygen atoms in total. The predicted molar refractivity (Wildman–Crippen MR) is 108 cm³/mol. The van der Waals surface area contributed by atoms with E-state index in [1.165, 1.54) is 14.0 Å². The first-order chi connectivity index (χ1) is 14.3. The van der Waals surface area contributed by atoms with Crippen molar-refractivity contribution in [2.75, 3.05) is 13.7 Å². The highest BCUT2D eigenvalue weighted by Crippen LogP contribution is 2.44. The minimum absolute atomic E-state index is 0.0526. The standard InChI is InChI=1S/C22H34O9/c1-11(2)13(17(19(24)25-8)27-12(3)23)9-14-16(15-10-26-21(4,5)29-15)28-20-18(14)30-22(6,7)31-20/h9,11,13,15-18,20H,10H2,1-8H3/b14-9-/t13-,15-,16+,17-,18-,20-/m1/s1. The van der Waals surface area contributed by atoms with E-state index in [2.05, 4.69) is 0 Å². The first-order valence-corrected chi connectivity index (χ1v) is 10.6. The second-order valence-corrected chi connectivity index (χ2v) is 9.39. The Balaban J connectivity index is 1.98. The van der Waals surface area contributed by atoms with Gasteiger partial charge in [-0.25, -0.2) is 4.79 Å². The third-order valence-electron chi connectivity index (χ3n) is 5.59. The van der Waals surface area contributed by atoms with Crippen LogP contribution in [0, 0.1) is 11.8 Å². The van der Waals surface area contributed by atoms with E-state index >= 15 is 0 Å². The summed E-state index contributed by atoms with van der Waals surface area (Å²) < 4.78 is 40.3. The van der Waals surface area contributed by atoms with E-state index < -0.39 is 54.0 Å². The van der Waals surface area contributed by atoms with Gasteiger partial charge in [-0.1, -0.05) is 19.9 Å². The van der Waals surface area contributed by atoms with Gasteiger partial charge in [-0.05, 0) is 39.2 Å². The molecule has 0 radical (unpaired) electrons. The van der Waals surface area contributed by atoms with Gasteiger partial charge in [0.1, 0.15) is 18.3 Å². The minimum atomic E-state index is -1.10. The Hall–Kier alpha value is -1.52. The van der Waals surface area contributed by atoms with Gasteiger partial charge in [0.25, 0.3) is 0 Å². The molecule has 0 saturated carbocycles. The van der Waals surface area contributed by atoms with Crippen LogP contribution in [0.2, 0.25) is 0 Å². The molecule has 9 heteroatoms. The molecule has 31 heavy (non-hydrogen) atoms. The Morgan fingerprint density at radius 2 is 1.74 bits per heavy atom. The molecule has 0 spiro atoms. The average Bonchev–Trinajstić information content (AvgIpc) is 3.26. The van der Waals surface area contributed by atoms with Crippen LogP contribution < -0.4 is 0 Å². The quantitative estimate of drug-likeness (QED) is 0.453. The Morgan fingerprint density at radius 1 is 1.06 bits per heavy atom. The molecule has 176 valence electrons. The third kappa shape index (κ3) is 5.28. The number of carbonyl (C=O) groups is 2. The zero-order valence-corrected chi connectivity index (χ0v) is 19.5. The molecule has 3 aliphatic heterocycles. The van der Waals surface area contributed by atoms with Crippen molar-refractivity contribution in [3.63, 3.8) is 0 Å². The summed E-state index contributed by atoms with van der Waals surface area (Å²) >= 11 is 0. The van der Waals surface area contributed by atoms with Gasteiger partial charge in [-0.3, -0.25) is 4.79 Å². The van der Waals surface area contributed by atoms with Gasteiger partial charge >= 0.3 is 11.9 Å². The first-order valence-electron chi connectivity index (χ1n) is 10.6. The molecule has 0 aromatic carbocycles. The van der Waals surface area contributed by atoms with Crippen molar-refractivity contribution in [1.29, 1.82) is 0 Å². The summed E-state index contributed by atoms with van der Waals surface area (Å²) in [6, 6.07) is 0. The Bertz CT molecular complexity index is 726. The van der Waals surface area contributed by atoms with Crippen LogP contribution in [0.15, 0.2) is 11.6 Å². The number of ether oxygens (including phenoxy) is 7. The molecule has 0 amide bonds. The highest BCUT2D eigenvalue weighted by Gasteiger charge is 2.55. The maximum atomic E-state index is 12.5. The third-order valence-corrected chi connectivity index (χ3v) is 5.59. The van der Waals surface area contributed by atoms with Crippen LogP contribution >= 0.6 is 0 Å². The zero-order chi connectivity index (χ0) is 23.1. The first kappa shape index (κ1) is 24.1. The fourth-order valence-electron chi connectivity index (χ4n) is 4.23. The maximum Gasteiger partial charge on any atom is 0.347 e. The van der Waals surface area contributed by atoms with E-state index in [1.807, 2.05) is 47.6 Å². The summed E-state index contributed by atoms with van der Waals surface area (Å²) in [5.41, 5.74) is 0.779. The molecular formula is C22H34O9. The molecule has 3 rings (SSSR count). The molecule has 0 aromatic heterocycles. The molecule has 0 aromatic rings. The lowest BCUT2D eigenvalue weighted by molar-refractivity contribution is -0.215. The molecule has 0 unspecified atom stereocenters. The van der Waals surface area contributed by atoms with Crippen LogP contribution in [0.3, 0.4) is 0 Å². The molecule has 6 atom stereocenters. The maximum absolute atomic E-state index is 12.5. The highest BCUT2D eigenvalue weighted by molar-refractivity contribution is 5.79. The largest absolute Gasteiger partial charge is 0.466 e. The number of rotatable bonds is 6. The summed E-state index contributed by atoms with van der Waals surface area (Å²) in [6.07, 6.45) is -1.17. The molecule has 3 saturated heterocycles. The van der Waals surface area contributed by atoms with Gasteiger partial charge < -0.3 is 33.2 Å². The summed E-state index contributed by atoms with van der Waals surface area (Å²) in [6.45, 7) is 12.8. The molecule has 0 N–H and O–H groups in total. The topological polar surface area (TPSA) is 98.8 Å². The van der Waals surface area contributed by atoms with E-state index in [1.54, 1.807) is 0 Å². The van der Waals surface area contributed by atoms with E-state index in [0.717, 1.165) is 5.57 Å². The van der Waals surface area contributed by atoms with Crippen LogP contribution in [-0.2, 0) is 42.7 Å². The summed E-state index contributed by atoms with van der Waals surface area (Å²) in [5, 5.41) is 0. The number of esters is 2. The molecule has 0 aliphatic carbocycles. The van der Waals surface area contributed by atoms with Crippen LogP contribution in [0.25, 0.3) is 0 Å². The van der Waals surface area contributed by atoms with Gasteiger partial charge in [0.2, 0.25) is 6.10 Å². The van der Waals surface area contributed by atoms with Crippen molar-refractivity contribution in [3.8, 4) is 0 Å². The number of carbonyl (C=O) groups excluding carboxylic acids is 2. The minimum Gasteiger partial charge on any atom is -0.466 e. The van der Waals surface area contributed by atoms with Gasteiger partial charge in [-0.2, -0.15) is 0 Å². The normalized spacial score (nSPS) is 34.5. The predicted octanol–water partition coefficient (Wildman–Crippen LogP) is 2.32. The van der Waals surface area contributed by atoms with Crippen molar-refractivity contribution < 1.29 is 42.7 Å². The van der Waals surface area contributed by atoms with Crippen molar-refractivity contribution in [2.45, 2.75) is 90.7 Å². The van der Waals surface area contributed by atoms with E-state index in [0.29, 0.717) is 6.61 Å². The molecule has 3 fully saturated rings. The van der Waals surface area contributed by atoms with Crippen LogP contribution in [0.4, 0.5) is 0 Å².